The summed E-state index contributed by atoms with van der Waals surface area (Å²) in [6.07, 6.45) is -17.1. The highest BCUT2D eigenvalue weighted by atomic mass is 16.7. The lowest BCUT2D eigenvalue weighted by Crippen LogP contribution is -2.60. The molecule has 0 radical (unpaired) electrons. The molecule has 2 saturated heterocycles. The van der Waals surface area contributed by atoms with Crippen molar-refractivity contribution in [2.45, 2.75) is 73.2 Å². The van der Waals surface area contributed by atoms with Crippen molar-refractivity contribution in [1.82, 2.24) is 0 Å². The Bertz CT molecular complexity index is 2340. The van der Waals surface area contributed by atoms with E-state index in [9.17, 15) is 70.6 Å². The van der Waals surface area contributed by atoms with Gasteiger partial charge in [0.15, 0.2) is 0 Å². The number of ether oxygens (including phenoxy) is 4. The number of carboxylic acid groups (broad SMARTS) is 1. The summed E-state index contributed by atoms with van der Waals surface area (Å²) in [7, 11) is 0. The summed E-state index contributed by atoms with van der Waals surface area (Å²) in [4.78, 5) is 41.5. The van der Waals surface area contributed by atoms with Gasteiger partial charge in [0, 0.05) is 11.8 Å². The van der Waals surface area contributed by atoms with Gasteiger partial charge in [0.1, 0.15) is 71.8 Å². The number of aliphatic hydroxyl groups excluding tert-OH is 8. The molecule has 18 heteroatoms. The number of fused-ring (bicyclic) bond motifs is 4. The molecule has 0 spiro atoms. The van der Waals surface area contributed by atoms with E-state index in [1.165, 1.54) is 60.7 Å². The maximum Gasteiger partial charge on any atom is 0.335 e. The van der Waals surface area contributed by atoms with Crippen molar-refractivity contribution in [2.75, 3.05) is 13.2 Å². The van der Waals surface area contributed by atoms with Gasteiger partial charge in [-0.1, -0.05) is 36.4 Å². The molecule has 12 atom stereocenters. The number of carboxylic acids is 1. The second-order valence-electron chi connectivity index (χ2n) is 14.7. The third kappa shape index (κ3) is 6.41. The first-order chi connectivity index (χ1) is 28.2. The van der Waals surface area contributed by atoms with E-state index in [1.54, 1.807) is 0 Å². The number of benzene rings is 4. The van der Waals surface area contributed by atoms with Crippen LogP contribution in [0.5, 0.6) is 23.0 Å². The van der Waals surface area contributed by atoms with Gasteiger partial charge in [0.05, 0.1) is 41.0 Å². The van der Waals surface area contributed by atoms with Gasteiger partial charge >= 0.3 is 5.97 Å². The summed E-state index contributed by atoms with van der Waals surface area (Å²) in [5.74, 6) is -7.08. The van der Waals surface area contributed by atoms with E-state index in [4.69, 9.17) is 18.9 Å². The number of aliphatic hydroxyl groups is 8. The Kier molecular flexibility index (Phi) is 10.4. The molecular formula is C41H38O18. The molecule has 310 valence electrons. The van der Waals surface area contributed by atoms with Crippen LogP contribution in [0.4, 0.5) is 0 Å². The molecule has 4 aromatic carbocycles. The molecule has 2 aliphatic carbocycles. The molecule has 11 N–H and O–H groups in total. The van der Waals surface area contributed by atoms with Gasteiger partial charge in [0.2, 0.25) is 24.1 Å². The standard InChI is InChI=1S/C41H38O18/c42-12-23-31(46)35(50)37(52)40(58-23)56-21-8-2-5-16-25(15-4-1-7-19(44)27(15)33(48)29(16)21)26-17-6-3-9-22(57-41-38(53)36(51)32(47)24(13-43)59-41)30(17)34(49)28-18(26)10-14(39(54)55)11-20(28)45/h1-11,23-26,31-32,35-38,40-47,50-53H,12-13H2,(H,54,55)/t23-,24-,25?,26?,31-,32-,35+,36+,37-,38-,40-,41-/m1/s1. The van der Waals surface area contributed by atoms with Crippen molar-refractivity contribution in [3.8, 4) is 23.0 Å². The zero-order valence-corrected chi connectivity index (χ0v) is 30.5. The van der Waals surface area contributed by atoms with Crippen LogP contribution in [0.3, 0.4) is 0 Å². The van der Waals surface area contributed by atoms with E-state index in [2.05, 4.69) is 0 Å². The fourth-order valence-electron chi connectivity index (χ4n) is 8.51. The van der Waals surface area contributed by atoms with E-state index in [0.717, 1.165) is 6.07 Å². The monoisotopic (exact) mass is 818 g/mol. The zero-order valence-electron chi connectivity index (χ0n) is 30.5. The Hall–Kier alpha value is -5.51. The quantitative estimate of drug-likeness (QED) is 0.104. The van der Waals surface area contributed by atoms with Crippen molar-refractivity contribution in [3.63, 3.8) is 0 Å². The largest absolute Gasteiger partial charge is 0.507 e. The van der Waals surface area contributed by atoms with Crippen LogP contribution in [0, 0.1) is 0 Å². The smallest absolute Gasteiger partial charge is 0.335 e. The fraction of sp³-hybridized carbons (Fsp3) is 0.341. The second kappa shape index (κ2) is 15.3. The molecule has 4 aliphatic rings. The molecular weight excluding hydrogens is 780 g/mol. The number of aromatic hydroxyl groups is 2. The fourth-order valence-corrected chi connectivity index (χ4v) is 8.51. The number of rotatable bonds is 8. The number of phenolic OH excluding ortho intramolecular Hbond substituents is 2. The third-order valence-corrected chi connectivity index (χ3v) is 11.4. The predicted octanol–water partition coefficient (Wildman–Crippen LogP) is -0.794. The van der Waals surface area contributed by atoms with Crippen LogP contribution in [-0.2, 0) is 9.47 Å². The lowest BCUT2D eigenvalue weighted by atomic mass is 9.63. The Morgan fingerprint density at radius 1 is 0.542 bits per heavy atom. The number of hydrogen-bond acceptors (Lipinski definition) is 17. The number of carbonyl (C=O) groups is 3. The molecule has 0 amide bonds. The van der Waals surface area contributed by atoms with E-state index < -0.39 is 121 Å². The Labute approximate surface area is 332 Å². The van der Waals surface area contributed by atoms with E-state index in [0.29, 0.717) is 0 Å². The minimum atomic E-state index is -1.88. The maximum atomic E-state index is 14.6. The van der Waals surface area contributed by atoms with E-state index in [-0.39, 0.29) is 56.0 Å². The summed E-state index contributed by atoms with van der Waals surface area (Å²) >= 11 is 0. The third-order valence-electron chi connectivity index (χ3n) is 11.4. The molecule has 2 fully saturated rings. The van der Waals surface area contributed by atoms with Crippen LogP contribution in [0.25, 0.3) is 0 Å². The molecule has 4 aromatic rings. The molecule has 2 aliphatic heterocycles. The van der Waals surface area contributed by atoms with Crippen molar-refractivity contribution in [2.24, 2.45) is 0 Å². The Morgan fingerprint density at radius 2 is 0.966 bits per heavy atom. The summed E-state index contributed by atoms with van der Waals surface area (Å²) in [6.45, 7) is -1.55. The van der Waals surface area contributed by atoms with Gasteiger partial charge in [-0.05, 0) is 52.6 Å². The van der Waals surface area contributed by atoms with Crippen LogP contribution in [0.2, 0.25) is 0 Å². The summed E-state index contributed by atoms with van der Waals surface area (Å²) in [6, 6.07) is 15.0. The SMILES string of the molecule is O=C(O)c1cc(O)c2c(c1)C(C1c3cccc(O)c3C(=O)c3c(O[C@@H]4O[C@H](CO)[C@@H](O)[C@H](O)[C@H]4O)cccc31)c1cccc(O[C@@H]3O[C@H](CO)[C@@H](O)[C@H](O)[C@H]3O)c1C2=O. The van der Waals surface area contributed by atoms with Crippen LogP contribution < -0.4 is 9.47 Å². The average molecular weight is 819 g/mol. The highest BCUT2D eigenvalue weighted by Gasteiger charge is 2.49. The number of hydrogen-bond donors (Lipinski definition) is 11. The van der Waals surface area contributed by atoms with Crippen LogP contribution in [0.15, 0.2) is 66.7 Å². The van der Waals surface area contributed by atoms with Crippen molar-refractivity contribution in [3.05, 3.63) is 117 Å². The highest BCUT2D eigenvalue weighted by Crippen LogP contribution is 2.56. The van der Waals surface area contributed by atoms with E-state index in [1.807, 2.05) is 0 Å². The molecule has 59 heavy (non-hydrogen) atoms. The molecule has 2 unspecified atom stereocenters. The first-order valence-electron chi connectivity index (χ1n) is 18.4. The summed E-state index contributed by atoms with van der Waals surface area (Å²) in [5, 5.41) is 116. The maximum absolute atomic E-state index is 14.6. The molecule has 18 nitrogen and oxygen atoms in total. The van der Waals surface area contributed by atoms with Crippen molar-refractivity contribution >= 4 is 17.5 Å². The topological polar surface area (TPSA) is 311 Å². The van der Waals surface area contributed by atoms with Gasteiger partial charge in [-0.25, -0.2) is 4.79 Å². The van der Waals surface area contributed by atoms with Gasteiger partial charge in [-0.3, -0.25) is 9.59 Å². The van der Waals surface area contributed by atoms with Crippen LogP contribution in [0.1, 0.15) is 76.3 Å². The minimum Gasteiger partial charge on any atom is -0.507 e. The van der Waals surface area contributed by atoms with Crippen molar-refractivity contribution < 1.29 is 89.5 Å². The summed E-state index contributed by atoms with van der Waals surface area (Å²) < 4.78 is 23.1. The summed E-state index contributed by atoms with van der Waals surface area (Å²) in [5.41, 5.74) is -0.857. The molecule has 0 bridgehead atoms. The number of phenols is 2. The average Bonchev–Trinajstić information content (AvgIpc) is 3.21. The first kappa shape index (κ1) is 40.3. The Balaban J connectivity index is 1.34. The molecule has 0 saturated carbocycles. The molecule has 2 heterocycles. The number of aromatic carboxylic acids is 1. The van der Waals surface area contributed by atoms with E-state index >= 15 is 0 Å². The lowest BCUT2D eigenvalue weighted by molar-refractivity contribution is -0.277. The van der Waals surface area contributed by atoms with Gasteiger partial charge < -0.3 is 75.1 Å². The minimum absolute atomic E-state index is 0.00950. The molecule has 0 aromatic heterocycles. The lowest BCUT2D eigenvalue weighted by Gasteiger charge is -2.41. The first-order valence-corrected chi connectivity index (χ1v) is 18.4. The van der Waals surface area contributed by atoms with Gasteiger partial charge in [-0.2, -0.15) is 0 Å². The zero-order chi connectivity index (χ0) is 42.2. The Morgan fingerprint density at radius 3 is 1.42 bits per heavy atom. The molecule has 8 rings (SSSR count). The van der Waals surface area contributed by atoms with Gasteiger partial charge in [0.25, 0.3) is 0 Å². The van der Waals surface area contributed by atoms with Crippen LogP contribution >= 0.6 is 0 Å². The highest BCUT2D eigenvalue weighted by molar-refractivity contribution is 6.18. The van der Waals surface area contributed by atoms with Gasteiger partial charge in [-0.15, -0.1) is 0 Å². The second-order valence-corrected chi connectivity index (χ2v) is 14.7. The van der Waals surface area contributed by atoms with Crippen molar-refractivity contribution in [1.29, 1.82) is 0 Å². The normalized spacial score (nSPS) is 31.1. The van der Waals surface area contributed by atoms with Crippen LogP contribution in [-0.4, -0.2) is 148 Å². The predicted molar refractivity (Wildman–Crippen MR) is 195 cm³/mol. The number of ketones is 2. The number of carbonyl (C=O) groups excluding carboxylic acids is 2.